The highest BCUT2D eigenvalue weighted by molar-refractivity contribution is 5.81. The number of aromatic amines is 1. The molecule has 1 heterocycles. The average molecular weight is 275 g/mol. The summed E-state index contributed by atoms with van der Waals surface area (Å²) in [6.07, 6.45) is -0.545. The van der Waals surface area contributed by atoms with Gasteiger partial charge in [-0.15, -0.1) is 0 Å². The summed E-state index contributed by atoms with van der Waals surface area (Å²) >= 11 is 0. The number of hydrogen-bond acceptors (Lipinski definition) is 5. The highest BCUT2D eigenvalue weighted by Crippen LogP contribution is 2.22. The summed E-state index contributed by atoms with van der Waals surface area (Å²) < 4.78 is 0. The third-order valence-corrected chi connectivity index (χ3v) is 2.98. The van der Waals surface area contributed by atoms with Gasteiger partial charge in [-0.1, -0.05) is 11.2 Å². The van der Waals surface area contributed by atoms with E-state index in [2.05, 4.69) is 20.2 Å². The minimum atomic E-state index is -1.12. The van der Waals surface area contributed by atoms with Gasteiger partial charge in [-0.3, -0.25) is 4.79 Å². The summed E-state index contributed by atoms with van der Waals surface area (Å²) in [4.78, 5) is 14.1. The summed E-state index contributed by atoms with van der Waals surface area (Å²) in [6.45, 7) is 0.101. The van der Waals surface area contributed by atoms with Crippen LogP contribution in [-0.2, 0) is 0 Å². The Kier molecular flexibility index (Phi) is 4.31. The molecule has 0 spiro atoms. The van der Waals surface area contributed by atoms with Gasteiger partial charge in [0.25, 0.3) is 5.56 Å². The Balaban J connectivity index is 2.24. The fourth-order valence-corrected chi connectivity index (χ4v) is 1.91. The van der Waals surface area contributed by atoms with E-state index in [-0.39, 0.29) is 18.5 Å². The number of azide groups is 1. The highest BCUT2D eigenvalue weighted by Gasteiger charge is 2.18. The number of aromatic nitrogens is 2. The van der Waals surface area contributed by atoms with Crippen LogP contribution in [0.5, 0.6) is 0 Å². The molecule has 1 aromatic heterocycles. The summed E-state index contributed by atoms with van der Waals surface area (Å²) in [7, 11) is 0. The van der Waals surface area contributed by atoms with Crippen molar-refractivity contribution in [2.75, 3.05) is 6.54 Å². The molecule has 0 bridgehead atoms. The molecule has 0 radical (unpaired) electrons. The van der Waals surface area contributed by atoms with Crippen LogP contribution in [0.2, 0.25) is 0 Å². The van der Waals surface area contributed by atoms with Crippen LogP contribution in [0.1, 0.15) is 18.1 Å². The molecule has 8 heteroatoms. The topological polar surface area (TPSA) is 135 Å². The van der Waals surface area contributed by atoms with Gasteiger partial charge in [0.05, 0.1) is 17.7 Å². The quantitative estimate of drug-likeness (QED) is 0.426. The van der Waals surface area contributed by atoms with Crippen LogP contribution >= 0.6 is 0 Å². The maximum atomic E-state index is 11.5. The van der Waals surface area contributed by atoms with Crippen LogP contribution in [0.15, 0.2) is 34.3 Å². The maximum absolute atomic E-state index is 11.5. The molecule has 104 valence electrons. The molecule has 20 heavy (non-hydrogen) atoms. The van der Waals surface area contributed by atoms with Crippen molar-refractivity contribution < 1.29 is 10.2 Å². The molecule has 0 aliphatic carbocycles. The van der Waals surface area contributed by atoms with Gasteiger partial charge >= 0.3 is 0 Å². The predicted molar refractivity (Wildman–Crippen MR) is 72.0 cm³/mol. The normalized spacial score (nSPS) is 13.7. The van der Waals surface area contributed by atoms with Crippen LogP contribution < -0.4 is 5.56 Å². The Labute approximate surface area is 113 Å². The number of rotatable bonds is 5. The summed E-state index contributed by atoms with van der Waals surface area (Å²) in [5.74, 6) is 0. The van der Waals surface area contributed by atoms with Crippen molar-refractivity contribution in [1.82, 2.24) is 10.2 Å². The van der Waals surface area contributed by atoms with E-state index in [1.807, 2.05) is 0 Å². The van der Waals surface area contributed by atoms with E-state index in [9.17, 15) is 15.0 Å². The van der Waals surface area contributed by atoms with E-state index in [1.165, 1.54) is 6.20 Å². The van der Waals surface area contributed by atoms with E-state index in [0.29, 0.717) is 16.3 Å². The van der Waals surface area contributed by atoms with Crippen molar-refractivity contribution in [2.45, 2.75) is 18.6 Å². The van der Waals surface area contributed by atoms with Crippen molar-refractivity contribution in [3.8, 4) is 0 Å². The number of nitrogens with one attached hydrogen (secondary N) is 1. The maximum Gasteiger partial charge on any atom is 0.272 e. The molecule has 0 aliphatic rings. The number of aliphatic hydroxyl groups is 2. The standard InChI is InChI=1S/C12H13N5O3/c13-17-14-4-3-10(18)11(19)7-1-2-9-8(5-7)6-15-16-12(9)20/h1-2,5-6,10-11,18-19H,3-4H2,(H,16,20). The van der Waals surface area contributed by atoms with E-state index in [1.54, 1.807) is 18.2 Å². The van der Waals surface area contributed by atoms with Gasteiger partial charge in [-0.05, 0) is 29.6 Å². The number of fused-ring (bicyclic) bond motifs is 1. The smallest absolute Gasteiger partial charge is 0.272 e. The van der Waals surface area contributed by atoms with E-state index in [4.69, 9.17) is 5.53 Å². The number of nitrogens with zero attached hydrogens (tertiary/aromatic N) is 4. The summed E-state index contributed by atoms with van der Waals surface area (Å²) in [5, 5.41) is 30.2. The molecule has 2 aromatic rings. The molecule has 2 rings (SSSR count). The van der Waals surface area contributed by atoms with Crippen LogP contribution in [-0.4, -0.2) is 33.1 Å². The Hall–Kier alpha value is -2.41. The lowest BCUT2D eigenvalue weighted by Gasteiger charge is -2.17. The molecule has 0 amide bonds. The first kappa shape index (κ1) is 14.0. The van der Waals surface area contributed by atoms with Gasteiger partial charge in [0, 0.05) is 16.8 Å². The molecule has 2 unspecified atom stereocenters. The van der Waals surface area contributed by atoms with Crippen molar-refractivity contribution in [2.24, 2.45) is 5.11 Å². The SMILES string of the molecule is [N-]=[N+]=NCCC(O)C(O)c1ccc2c(=O)[nH]ncc2c1. The van der Waals surface area contributed by atoms with Crippen LogP contribution in [0.25, 0.3) is 21.2 Å². The number of aliphatic hydroxyl groups excluding tert-OH is 2. The Morgan fingerprint density at radius 1 is 1.45 bits per heavy atom. The third-order valence-electron chi connectivity index (χ3n) is 2.98. The zero-order valence-corrected chi connectivity index (χ0v) is 10.5. The fourth-order valence-electron chi connectivity index (χ4n) is 1.91. The van der Waals surface area contributed by atoms with Gasteiger partial charge in [-0.25, -0.2) is 5.10 Å². The zero-order valence-electron chi connectivity index (χ0n) is 10.5. The van der Waals surface area contributed by atoms with E-state index < -0.39 is 12.2 Å². The molecule has 2 atom stereocenters. The second-order valence-electron chi connectivity index (χ2n) is 4.30. The van der Waals surface area contributed by atoms with Crippen LogP contribution in [0.3, 0.4) is 0 Å². The van der Waals surface area contributed by atoms with Gasteiger partial charge in [-0.2, -0.15) is 5.10 Å². The van der Waals surface area contributed by atoms with Crippen molar-refractivity contribution in [1.29, 1.82) is 0 Å². The van der Waals surface area contributed by atoms with Crippen molar-refractivity contribution in [3.63, 3.8) is 0 Å². The lowest BCUT2D eigenvalue weighted by atomic mass is 10.00. The van der Waals surface area contributed by atoms with Gasteiger partial charge in [0.1, 0.15) is 6.10 Å². The number of benzene rings is 1. The molecule has 1 aromatic carbocycles. The Bertz CT molecular complexity index is 708. The van der Waals surface area contributed by atoms with Crippen molar-refractivity contribution >= 4 is 10.8 Å². The number of H-pyrrole nitrogens is 1. The fraction of sp³-hybridized carbons (Fsp3) is 0.333. The Morgan fingerprint density at radius 2 is 2.25 bits per heavy atom. The molecule has 8 nitrogen and oxygen atoms in total. The van der Waals surface area contributed by atoms with Gasteiger partial charge in [0.2, 0.25) is 0 Å². The largest absolute Gasteiger partial charge is 0.390 e. The zero-order chi connectivity index (χ0) is 14.5. The molecule has 0 saturated carbocycles. The molecule has 0 fully saturated rings. The second kappa shape index (κ2) is 6.16. The van der Waals surface area contributed by atoms with Crippen LogP contribution in [0.4, 0.5) is 0 Å². The molecule has 0 aliphatic heterocycles. The monoisotopic (exact) mass is 275 g/mol. The average Bonchev–Trinajstić information content (AvgIpc) is 2.46. The summed E-state index contributed by atoms with van der Waals surface area (Å²) in [6, 6.07) is 4.73. The van der Waals surface area contributed by atoms with Crippen LogP contribution in [0, 0.1) is 0 Å². The minimum absolute atomic E-state index is 0.101. The second-order valence-corrected chi connectivity index (χ2v) is 4.30. The molecule has 0 saturated heterocycles. The predicted octanol–water partition coefficient (Wildman–Crippen LogP) is 1.02. The lowest BCUT2D eigenvalue weighted by molar-refractivity contribution is 0.0151. The molecular weight excluding hydrogens is 262 g/mol. The first-order chi connectivity index (χ1) is 9.63. The minimum Gasteiger partial charge on any atom is -0.390 e. The molecular formula is C12H13N5O3. The summed E-state index contributed by atoms with van der Waals surface area (Å²) in [5.41, 5.74) is 8.31. The lowest BCUT2D eigenvalue weighted by Crippen LogP contribution is -2.19. The first-order valence-electron chi connectivity index (χ1n) is 5.98. The third kappa shape index (κ3) is 2.94. The van der Waals surface area contributed by atoms with E-state index in [0.717, 1.165) is 0 Å². The number of hydrogen-bond donors (Lipinski definition) is 3. The molecule has 3 N–H and O–H groups in total. The first-order valence-corrected chi connectivity index (χ1v) is 5.98. The van der Waals surface area contributed by atoms with E-state index >= 15 is 0 Å². The highest BCUT2D eigenvalue weighted by atomic mass is 16.3. The Morgan fingerprint density at radius 3 is 3.00 bits per heavy atom. The van der Waals surface area contributed by atoms with Crippen molar-refractivity contribution in [3.05, 3.63) is 50.8 Å². The van der Waals surface area contributed by atoms with Gasteiger partial charge < -0.3 is 10.2 Å². The van der Waals surface area contributed by atoms with Gasteiger partial charge in [0.15, 0.2) is 0 Å².